The van der Waals surface area contributed by atoms with E-state index in [1.807, 2.05) is 33.0 Å². The van der Waals surface area contributed by atoms with Crippen LogP contribution in [0.15, 0.2) is 0 Å². The summed E-state index contributed by atoms with van der Waals surface area (Å²) in [5.74, 6) is 0. The Balaban J connectivity index is 2.80. The van der Waals surface area contributed by atoms with Crippen molar-refractivity contribution in [1.29, 1.82) is 0 Å². The van der Waals surface area contributed by atoms with Gasteiger partial charge in [0.25, 0.3) is 0 Å². The van der Waals surface area contributed by atoms with E-state index >= 15 is 0 Å². The molecule has 3 unspecified atom stereocenters. The number of rotatable bonds is 1. The lowest BCUT2D eigenvalue weighted by molar-refractivity contribution is -0.0964. The predicted octanol–water partition coefficient (Wildman–Crippen LogP) is 0.349. The van der Waals surface area contributed by atoms with Gasteiger partial charge in [-0.25, -0.2) is 0 Å². The molecule has 0 aliphatic carbocycles. The first-order chi connectivity index (χ1) is 5.37. The second-order valence-electron chi connectivity index (χ2n) is 4.27. The van der Waals surface area contributed by atoms with Gasteiger partial charge in [-0.05, 0) is 41.4 Å². The molecule has 3 atom stereocenters. The van der Waals surface area contributed by atoms with E-state index < -0.39 is 5.72 Å². The van der Waals surface area contributed by atoms with E-state index in [0.717, 1.165) is 6.42 Å². The molecule has 1 aliphatic heterocycles. The highest BCUT2D eigenvalue weighted by atomic mass is 16.3. The molecule has 0 amide bonds. The van der Waals surface area contributed by atoms with Gasteiger partial charge in [0.2, 0.25) is 0 Å². The summed E-state index contributed by atoms with van der Waals surface area (Å²) in [5.41, 5.74) is -0.678. The Hall–Kier alpha value is -0.120. The van der Waals surface area contributed by atoms with Gasteiger partial charge in [0, 0.05) is 6.04 Å². The number of likely N-dealkylation sites (N-methyl/N-ethyl adjacent to an activating group) is 2. The Labute approximate surface area is 75.0 Å². The first kappa shape index (κ1) is 9.96. The van der Waals surface area contributed by atoms with E-state index in [1.54, 1.807) is 0 Å². The molecule has 0 saturated carbocycles. The molecule has 0 aromatic heterocycles. The van der Waals surface area contributed by atoms with Crippen LogP contribution in [0.4, 0.5) is 0 Å². The third-order valence-corrected chi connectivity index (χ3v) is 3.19. The standard InChI is InChI=1S/C9H20N2O/c1-7-6-8(10(3)4)9(2,12)11(7)5/h7-8,12H,6H2,1-5H3. The minimum absolute atomic E-state index is 0.248. The molecule has 3 nitrogen and oxygen atoms in total. The van der Waals surface area contributed by atoms with Crippen molar-refractivity contribution in [3.05, 3.63) is 0 Å². The summed E-state index contributed by atoms with van der Waals surface area (Å²) in [7, 11) is 6.02. The molecule has 0 aromatic carbocycles. The van der Waals surface area contributed by atoms with Gasteiger partial charge in [-0.3, -0.25) is 4.90 Å². The summed E-state index contributed by atoms with van der Waals surface area (Å²) in [6, 6.07) is 0.713. The van der Waals surface area contributed by atoms with Gasteiger partial charge in [0.05, 0.1) is 6.04 Å². The van der Waals surface area contributed by atoms with Crippen molar-refractivity contribution in [2.75, 3.05) is 21.1 Å². The number of hydrogen-bond acceptors (Lipinski definition) is 3. The summed E-state index contributed by atoms with van der Waals surface area (Å²) in [6.07, 6.45) is 1.04. The lowest BCUT2D eigenvalue weighted by Gasteiger charge is -2.35. The predicted molar refractivity (Wildman–Crippen MR) is 49.9 cm³/mol. The molecule has 1 aliphatic rings. The van der Waals surface area contributed by atoms with E-state index in [-0.39, 0.29) is 6.04 Å². The van der Waals surface area contributed by atoms with Crippen LogP contribution >= 0.6 is 0 Å². The topological polar surface area (TPSA) is 26.7 Å². The zero-order valence-corrected chi connectivity index (χ0v) is 8.70. The molecule has 1 heterocycles. The van der Waals surface area contributed by atoms with Crippen molar-refractivity contribution in [3.63, 3.8) is 0 Å². The van der Waals surface area contributed by atoms with E-state index in [4.69, 9.17) is 0 Å². The summed E-state index contributed by atoms with van der Waals surface area (Å²) >= 11 is 0. The first-order valence-corrected chi connectivity index (χ1v) is 4.49. The average molecular weight is 172 g/mol. The molecule has 0 bridgehead atoms. The maximum atomic E-state index is 10.1. The highest BCUT2D eigenvalue weighted by molar-refractivity contribution is 4.97. The van der Waals surface area contributed by atoms with Crippen LogP contribution in [0.1, 0.15) is 20.3 Å². The molecular formula is C9H20N2O. The molecule has 1 saturated heterocycles. The SMILES string of the molecule is CC1CC(N(C)C)C(C)(O)N1C. The first-order valence-electron chi connectivity index (χ1n) is 4.49. The fourth-order valence-corrected chi connectivity index (χ4v) is 2.09. The van der Waals surface area contributed by atoms with Crippen LogP contribution in [0.3, 0.4) is 0 Å². The zero-order valence-electron chi connectivity index (χ0n) is 8.70. The molecule has 1 rings (SSSR count). The van der Waals surface area contributed by atoms with Crippen LogP contribution < -0.4 is 0 Å². The molecule has 0 radical (unpaired) electrons. The van der Waals surface area contributed by atoms with Gasteiger partial charge in [0.1, 0.15) is 5.72 Å². The van der Waals surface area contributed by atoms with Crippen LogP contribution in [0, 0.1) is 0 Å². The van der Waals surface area contributed by atoms with E-state index in [1.165, 1.54) is 0 Å². The number of likely N-dealkylation sites (tertiary alicyclic amines) is 1. The van der Waals surface area contributed by atoms with Crippen molar-refractivity contribution in [2.45, 2.75) is 38.1 Å². The molecule has 0 spiro atoms. The molecule has 3 heteroatoms. The minimum Gasteiger partial charge on any atom is -0.374 e. The Morgan fingerprint density at radius 2 is 2.00 bits per heavy atom. The molecule has 1 N–H and O–H groups in total. The monoisotopic (exact) mass is 172 g/mol. The minimum atomic E-state index is -0.678. The van der Waals surface area contributed by atoms with E-state index in [0.29, 0.717) is 6.04 Å². The highest BCUT2D eigenvalue weighted by Gasteiger charge is 2.46. The summed E-state index contributed by atoms with van der Waals surface area (Å²) in [6.45, 7) is 4.04. The van der Waals surface area contributed by atoms with Gasteiger partial charge in [-0.1, -0.05) is 0 Å². The lowest BCUT2D eigenvalue weighted by atomic mass is 10.1. The number of nitrogens with zero attached hydrogens (tertiary/aromatic N) is 2. The summed E-state index contributed by atoms with van der Waals surface area (Å²) in [5, 5.41) is 10.1. The van der Waals surface area contributed by atoms with E-state index in [9.17, 15) is 5.11 Å². The number of hydrogen-bond donors (Lipinski definition) is 1. The molecule has 0 aromatic rings. The Morgan fingerprint density at radius 1 is 1.50 bits per heavy atom. The molecule has 72 valence electrons. The summed E-state index contributed by atoms with van der Waals surface area (Å²) < 4.78 is 0. The van der Waals surface area contributed by atoms with Gasteiger partial charge in [-0.2, -0.15) is 0 Å². The van der Waals surface area contributed by atoms with Crippen molar-refractivity contribution >= 4 is 0 Å². The molecular weight excluding hydrogens is 152 g/mol. The normalized spacial score (nSPS) is 44.2. The zero-order chi connectivity index (χ0) is 9.52. The average Bonchev–Trinajstić information content (AvgIpc) is 2.13. The fourth-order valence-electron chi connectivity index (χ4n) is 2.09. The third kappa shape index (κ3) is 1.37. The quantitative estimate of drug-likeness (QED) is 0.618. The maximum Gasteiger partial charge on any atom is 0.131 e. The second kappa shape index (κ2) is 2.98. The molecule has 12 heavy (non-hydrogen) atoms. The van der Waals surface area contributed by atoms with Crippen LogP contribution in [0.25, 0.3) is 0 Å². The van der Waals surface area contributed by atoms with Crippen molar-refractivity contribution < 1.29 is 5.11 Å². The lowest BCUT2D eigenvalue weighted by Crippen LogP contribution is -2.51. The number of aliphatic hydroxyl groups is 1. The van der Waals surface area contributed by atoms with Crippen molar-refractivity contribution in [1.82, 2.24) is 9.80 Å². The summed E-state index contributed by atoms with van der Waals surface area (Å²) in [4.78, 5) is 4.14. The van der Waals surface area contributed by atoms with Gasteiger partial charge < -0.3 is 10.0 Å². The van der Waals surface area contributed by atoms with Crippen molar-refractivity contribution in [3.8, 4) is 0 Å². The van der Waals surface area contributed by atoms with Crippen molar-refractivity contribution in [2.24, 2.45) is 0 Å². The van der Waals surface area contributed by atoms with Gasteiger partial charge in [-0.15, -0.1) is 0 Å². The fraction of sp³-hybridized carbons (Fsp3) is 1.00. The smallest absolute Gasteiger partial charge is 0.131 e. The van der Waals surface area contributed by atoms with E-state index in [2.05, 4.69) is 11.8 Å². The Morgan fingerprint density at radius 3 is 2.17 bits per heavy atom. The maximum absolute atomic E-state index is 10.1. The highest BCUT2D eigenvalue weighted by Crippen LogP contribution is 2.32. The largest absolute Gasteiger partial charge is 0.374 e. The molecule has 1 fully saturated rings. The van der Waals surface area contributed by atoms with Crippen LogP contribution in [-0.2, 0) is 0 Å². The second-order valence-corrected chi connectivity index (χ2v) is 4.27. The Bertz CT molecular complexity index is 168. The van der Waals surface area contributed by atoms with Crippen LogP contribution in [0.5, 0.6) is 0 Å². The Kier molecular flexibility index (Phi) is 2.47. The van der Waals surface area contributed by atoms with Crippen LogP contribution in [0.2, 0.25) is 0 Å². The van der Waals surface area contributed by atoms with Gasteiger partial charge in [0.15, 0.2) is 0 Å². The van der Waals surface area contributed by atoms with Gasteiger partial charge >= 0.3 is 0 Å². The third-order valence-electron chi connectivity index (χ3n) is 3.19. The van der Waals surface area contributed by atoms with Crippen LogP contribution in [-0.4, -0.2) is 53.9 Å².